The second-order valence-electron chi connectivity index (χ2n) is 28.1. The molecule has 0 bridgehead atoms. The second-order valence-corrected chi connectivity index (χ2v) is 28.1. The van der Waals surface area contributed by atoms with E-state index in [2.05, 4.69) is 13.2 Å². The Kier molecular flexibility index (Phi) is 38.9. The predicted octanol–water partition coefficient (Wildman–Crippen LogP) is 24.6. The zero-order valence-corrected chi connectivity index (χ0v) is 72.1. The highest BCUT2D eigenvalue weighted by molar-refractivity contribution is 5.56. The van der Waals surface area contributed by atoms with Gasteiger partial charge in [0.15, 0.2) is 25.2 Å². The van der Waals surface area contributed by atoms with Crippen LogP contribution in [-0.4, -0.2) is 138 Å². The summed E-state index contributed by atoms with van der Waals surface area (Å²) >= 11 is 0. The number of benzene rings is 8. The van der Waals surface area contributed by atoms with E-state index < -0.39 is 123 Å². The van der Waals surface area contributed by atoms with Gasteiger partial charge in [0.25, 0.3) is 0 Å². The van der Waals surface area contributed by atoms with Crippen LogP contribution in [0.2, 0.25) is 0 Å². The van der Waals surface area contributed by atoms with Crippen molar-refractivity contribution in [3.05, 3.63) is 250 Å². The highest BCUT2D eigenvalue weighted by Gasteiger charge is 2.75. The Hall–Kier alpha value is -10.6. The predicted molar refractivity (Wildman–Crippen MR) is 442 cm³/mol. The van der Waals surface area contributed by atoms with E-state index in [0.717, 1.165) is 84.3 Å². The number of hydrogen-bond acceptors (Lipinski definition) is 16. The number of ether oxygens (including phenoxy) is 14. The van der Waals surface area contributed by atoms with Crippen LogP contribution in [0.5, 0.6) is 57.5 Å². The van der Waals surface area contributed by atoms with Crippen molar-refractivity contribution in [1.82, 2.24) is 0 Å². The number of halogens is 18. The first-order chi connectivity index (χ1) is 59.8. The monoisotopic (exact) mass is 1820 g/mol. The summed E-state index contributed by atoms with van der Waals surface area (Å²) in [5.74, 6) is 0.117. The molecule has 0 saturated heterocycles. The van der Waals surface area contributed by atoms with Crippen molar-refractivity contribution in [3.8, 4) is 57.5 Å². The second kappa shape index (κ2) is 46.9. The molecule has 702 valence electrons. The number of aryl methyl sites for hydroxylation is 6. The van der Waals surface area contributed by atoms with Crippen molar-refractivity contribution in [3.63, 3.8) is 0 Å². The van der Waals surface area contributed by atoms with Crippen LogP contribution in [-0.2, 0) is 83.2 Å². The van der Waals surface area contributed by atoms with Crippen molar-refractivity contribution in [2.24, 2.45) is 0 Å². The molecule has 16 nitrogen and oxygen atoms in total. The topological polar surface area (TPSA) is 170 Å². The summed E-state index contributed by atoms with van der Waals surface area (Å²) in [4.78, 5) is 0. The molecule has 8 aromatic carbocycles. The molecule has 0 aromatic heterocycles. The summed E-state index contributed by atoms with van der Waals surface area (Å²) in [7, 11) is 0. The molecule has 8 rings (SSSR count). The van der Waals surface area contributed by atoms with E-state index in [-0.39, 0.29) is 114 Å². The summed E-state index contributed by atoms with van der Waals surface area (Å²) in [6.07, 6.45) is -35.2. The Balaban J connectivity index is 0.000000508. The van der Waals surface area contributed by atoms with Crippen molar-refractivity contribution in [2.75, 3.05) is 66.1 Å². The van der Waals surface area contributed by atoms with Crippen LogP contribution >= 0.6 is 0 Å². The zero-order valence-electron chi connectivity index (χ0n) is 72.1. The fourth-order valence-electron chi connectivity index (χ4n) is 13.8. The van der Waals surface area contributed by atoms with E-state index in [0.29, 0.717) is 84.4 Å². The minimum Gasteiger partial charge on any atom is -0.508 e. The van der Waals surface area contributed by atoms with Gasteiger partial charge >= 0.3 is 37.1 Å². The minimum atomic E-state index is -5.89. The molecule has 8 aromatic rings. The summed E-state index contributed by atoms with van der Waals surface area (Å²) in [6, 6.07) is 29.0. The molecular formula is C93H108F18O16. The van der Waals surface area contributed by atoms with Gasteiger partial charge in [-0.15, -0.1) is 0 Å². The van der Waals surface area contributed by atoms with Crippen LogP contribution < -0.4 is 37.9 Å². The molecular weight excluding hydrogens is 1710 g/mol. The van der Waals surface area contributed by atoms with E-state index >= 15 is 52.7 Å². The molecule has 2 N–H and O–H groups in total. The van der Waals surface area contributed by atoms with Gasteiger partial charge in [0.1, 0.15) is 97.1 Å². The summed E-state index contributed by atoms with van der Waals surface area (Å²) in [5, 5.41) is 19.8. The number of aromatic hydroxyl groups is 2. The minimum absolute atomic E-state index is 0. The average molecular weight is 1820 g/mol. The smallest absolute Gasteiger partial charge is 0.411 e. The lowest BCUT2D eigenvalue weighted by atomic mass is 9.72. The maximum absolute atomic E-state index is 15.3. The number of phenols is 2. The number of rotatable bonds is 44. The maximum Gasteiger partial charge on any atom is 0.411 e. The van der Waals surface area contributed by atoms with Crippen LogP contribution in [0.1, 0.15) is 151 Å². The van der Waals surface area contributed by atoms with Gasteiger partial charge in [0.05, 0.1) is 25.7 Å². The molecule has 4 atom stereocenters. The van der Waals surface area contributed by atoms with Crippen LogP contribution in [0.15, 0.2) is 183 Å². The number of hydrogen-bond donors (Lipinski definition) is 2. The fourth-order valence-corrected chi connectivity index (χ4v) is 13.8. The van der Waals surface area contributed by atoms with Crippen LogP contribution in [0, 0.1) is 0 Å². The lowest BCUT2D eigenvalue weighted by molar-refractivity contribution is -0.290. The van der Waals surface area contributed by atoms with Gasteiger partial charge in [0.2, 0.25) is 16.2 Å². The molecule has 0 amide bonds. The fraction of sp³-hybridized carbons (Fsp3) is 0.441. The Morgan fingerprint density at radius 1 is 0.276 bits per heavy atom. The SMILES string of the molecule is C=COCCOc1ccc(OCCOC=C)cc1.CCOC(C)Oc1cc(C(c2ccc(CC)c(OC(C)OCCOc3ccc(OCCOC(C)Oc4cc(C(c5ccc(CC)c(OC(C)OCC)c5)(C(F)(F)F)C(F)(F)F)ccc4CC)cc3)c2)(C(F)(F)F)C(F)(F)F)ccc1CC.CCc1ccc(C(c2ccc(CC)c(O)c2)(C(F)(F)F)C(F)(F)F)cc1O.[2HH]. The highest BCUT2D eigenvalue weighted by Crippen LogP contribution is 2.61. The van der Waals surface area contributed by atoms with Crippen LogP contribution in [0.3, 0.4) is 0 Å². The molecule has 4 unspecified atom stereocenters. The van der Waals surface area contributed by atoms with E-state index in [1.165, 1.54) is 52.4 Å². The van der Waals surface area contributed by atoms with Gasteiger partial charge < -0.3 is 76.5 Å². The first kappa shape index (κ1) is 105. The lowest BCUT2D eigenvalue weighted by Crippen LogP contribution is -2.54. The standard InChI is InChI=1S/C60H70F12O10.C19H18F6O2.C14H18O4.H2/c1-11-41-17-21-45(33-51(41)79-37(7)73-15-5)55(57(61,62)63,58(64,65)66)47-23-19-43(13-3)53(35-47)81-39(9)75-29-31-77-49-25-27-50(28-26-49)78-32-30-76-40(10)82-54-36-48(24-20-44(54)14-4)56(59(67,68)69,60(70,71)72)46-22-18-42(12-2)52(34-46)80-38(8)74-16-6;1-3-11-5-7-13(9-15(11)26)17(18(20,21)22,19(23,24)25)14-8-6-12(4-2)16(27)10-14;1-3-15-9-11-17-13-5-7-14(8-6-13)18-12-10-16-4-2;/h17-28,33-40H,11-16,29-32H2,1-10H3;5-10,26-27H,3-4H2,1-2H3;3-8H,1-2,9-12H2;1H/i;;;1+1. The Labute approximate surface area is 728 Å². The average Bonchev–Trinajstić information content (AvgIpc) is 0.716. The first-order valence-corrected chi connectivity index (χ1v) is 40.7. The van der Waals surface area contributed by atoms with Crippen molar-refractivity contribution in [2.45, 2.75) is 200 Å². The van der Waals surface area contributed by atoms with Gasteiger partial charge in [0, 0.05) is 14.6 Å². The zero-order chi connectivity index (χ0) is 94.5. The third-order valence-corrected chi connectivity index (χ3v) is 20.1. The molecule has 0 aliphatic rings. The maximum atomic E-state index is 15.3. The third kappa shape index (κ3) is 26.3. The van der Waals surface area contributed by atoms with E-state index in [4.69, 9.17) is 66.3 Å². The number of alkyl halides is 18. The van der Waals surface area contributed by atoms with Gasteiger partial charge in [-0.1, -0.05) is 127 Å². The normalized spacial score (nSPS) is 13.3. The van der Waals surface area contributed by atoms with Crippen molar-refractivity contribution < 1.29 is 157 Å². The van der Waals surface area contributed by atoms with E-state index in [9.17, 15) is 36.6 Å². The number of phenolic OH excluding ortho intramolecular Hbond substituents is 2. The third-order valence-electron chi connectivity index (χ3n) is 20.1. The molecule has 34 heteroatoms. The Morgan fingerprint density at radius 3 is 0.661 bits per heavy atom. The van der Waals surface area contributed by atoms with Crippen LogP contribution in [0.25, 0.3) is 0 Å². The quantitative estimate of drug-likeness (QED) is 0.0160. The summed E-state index contributed by atoms with van der Waals surface area (Å²) < 4.78 is 345. The molecule has 0 radical (unpaired) electrons. The molecule has 127 heavy (non-hydrogen) atoms. The van der Waals surface area contributed by atoms with E-state index in [1.807, 2.05) is 24.3 Å². The molecule has 0 aliphatic heterocycles. The largest absolute Gasteiger partial charge is 0.508 e. The molecule has 0 saturated carbocycles. The molecule has 0 fully saturated rings. The van der Waals surface area contributed by atoms with Crippen LogP contribution in [0.4, 0.5) is 79.0 Å². The van der Waals surface area contributed by atoms with Crippen molar-refractivity contribution >= 4 is 0 Å². The summed E-state index contributed by atoms with van der Waals surface area (Å²) in [5.41, 5.74) is -18.3. The van der Waals surface area contributed by atoms with Gasteiger partial charge in [-0.05, 0) is 232 Å². The Bertz CT molecular complexity index is 4410. The molecule has 0 spiro atoms. The van der Waals surface area contributed by atoms with Gasteiger partial charge in [-0.2, -0.15) is 79.0 Å². The molecule has 0 heterocycles. The van der Waals surface area contributed by atoms with Gasteiger partial charge in [-0.25, -0.2) is 0 Å². The summed E-state index contributed by atoms with van der Waals surface area (Å²) in [6.45, 7) is 27.9. The Morgan fingerprint density at radius 2 is 0.472 bits per heavy atom. The van der Waals surface area contributed by atoms with Crippen molar-refractivity contribution in [1.29, 1.82) is 0 Å². The molecule has 0 aliphatic carbocycles. The van der Waals surface area contributed by atoms with Gasteiger partial charge in [-0.3, -0.25) is 0 Å². The lowest BCUT2D eigenvalue weighted by Gasteiger charge is -2.39. The first-order valence-electron chi connectivity index (χ1n) is 40.7. The highest BCUT2D eigenvalue weighted by atomic mass is 19.4. The van der Waals surface area contributed by atoms with E-state index in [1.54, 1.807) is 79.7 Å².